The quantitative estimate of drug-likeness (QED) is 0.678. The highest BCUT2D eigenvalue weighted by molar-refractivity contribution is 6.31. The summed E-state index contributed by atoms with van der Waals surface area (Å²) in [4.78, 5) is 16.5. The highest BCUT2D eigenvalue weighted by atomic mass is 35.5. The van der Waals surface area contributed by atoms with Crippen molar-refractivity contribution in [1.82, 2.24) is 4.98 Å². The van der Waals surface area contributed by atoms with E-state index in [1.807, 2.05) is 13.0 Å². The first-order chi connectivity index (χ1) is 12.0. The molecule has 0 aliphatic carbocycles. The Morgan fingerprint density at radius 3 is 2.68 bits per heavy atom. The van der Waals surface area contributed by atoms with Gasteiger partial charge in [-0.25, -0.2) is 9.37 Å². The fourth-order valence-electron chi connectivity index (χ4n) is 2.21. The van der Waals surface area contributed by atoms with Crippen LogP contribution in [0.15, 0.2) is 60.8 Å². The Morgan fingerprint density at radius 2 is 1.92 bits per heavy atom. The van der Waals surface area contributed by atoms with Gasteiger partial charge in [0, 0.05) is 22.5 Å². The first-order valence-corrected chi connectivity index (χ1v) is 7.96. The molecule has 0 saturated carbocycles. The minimum Gasteiger partial charge on any atom is -0.338 e. The lowest BCUT2D eigenvalue weighted by Crippen LogP contribution is -2.12. The number of nitrogens with zero attached hydrogens (tertiary/aromatic N) is 1. The number of carbonyl (C=O) groups excluding carboxylic acids is 1. The van der Waals surface area contributed by atoms with Crippen LogP contribution in [0.4, 0.5) is 21.6 Å². The van der Waals surface area contributed by atoms with Crippen LogP contribution in [-0.2, 0) is 0 Å². The number of hydrogen-bond acceptors (Lipinski definition) is 3. The second-order valence-electron chi connectivity index (χ2n) is 5.45. The molecule has 2 aromatic carbocycles. The normalized spacial score (nSPS) is 10.4. The lowest BCUT2D eigenvalue weighted by Gasteiger charge is -2.09. The molecular weight excluding hydrogens is 341 g/mol. The fourth-order valence-corrected chi connectivity index (χ4v) is 2.40. The molecule has 4 nitrogen and oxygen atoms in total. The molecule has 1 heterocycles. The van der Waals surface area contributed by atoms with Crippen molar-refractivity contribution in [3.63, 3.8) is 0 Å². The van der Waals surface area contributed by atoms with Crippen molar-refractivity contribution in [2.75, 3.05) is 10.6 Å². The molecule has 0 saturated heterocycles. The minimum absolute atomic E-state index is 0.290. The fraction of sp³-hybridized carbons (Fsp3) is 0.0526. The average Bonchev–Trinajstić information content (AvgIpc) is 2.60. The number of pyridine rings is 1. The molecule has 6 heteroatoms. The van der Waals surface area contributed by atoms with Crippen LogP contribution in [0.1, 0.15) is 15.9 Å². The Bertz CT molecular complexity index is 930. The van der Waals surface area contributed by atoms with Crippen LogP contribution in [0, 0.1) is 12.7 Å². The lowest BCUT2D eigenvalue weighted by molar-refractivity contribution is 0.102. The van der Waals surface area contributed by atoms with Crippen molar-refractivity contribution in [2.24, 2.45) is 0 Å². The van der Waals surface area contributed by atoms with Gasteiger partial charge in [-0.3, -0.25) is 4.79 Å². The first-order valence-electron chi connectivity index (χ1n) is 7.58. The monoisotopic (exact) mass is 355 g/mol. The number of rotatable bonds is 4. The van der Waals surface area contributed by atoms with Gasteiger partial charge < -0.3 is 10.6 Å². The molecule has 1 amide bonds. The van der Waals surface area contributed by atoms with Gasteiger partial charge in [0.15, 0.2) is 0 Å². The summed E-state index contributed by atoms with van der Waals surface area (Å²) in [6.07, 6.45) is 1.49. The number of carbonyl (C=O) groups is 1. The number of aromatic nitrogens is 1. The molecule has 0 atom stereocenters. The van der Waals surface area contributed by atoms with Gasteiger partial charge in [-0.1, -0.05) is 29.8 Å². The Balaban J connectivity index is 1.77. The largest absolute Gasteiger partial charge is 0.338 e. The molecule has 0 spiro atoms. The highest BCUT2D eigenvalue weighted by Crippen LogP contribution is 2.22. The number of para-hydroxylation sites is 1. The average molecular weight is 356 g/mol. The van der Waals surface area contributed by atoms with Crippen LogP contribution in [0.5, 0.6) is 0 Å². The van der Waals surface area contributed by atoms with Crippen molar-refractivity contribution < 1.29 is 9.18 Å². The molecule has 0 radical (unpaired) electrons. The predicted molar refractivity (Wildman–Crippen MR) is 98.1 cm³/mol. The molecular formula is C19H15ClFN3O. The van der Waals surface area contributed by atoms with E-state index >= 15 is 0 Å². The molecule has 1 aromatic heterocycles. The van der Waals surface area contributed by atoms with E-state index in [4.69, 9.17) is 11.6 Å². The number of benzene rings is 2. The van der Waals surface area contributed by atoms with Crippen molar-refractivity contribution in [3.8, 4) is 0 Å². The number of nitrogens with one attached hydrogen (secondary N) is 2. The maximum atomic E-state index is 13.7. The van der Waals surface area contributed by atoms with E-state index in [9.17, 15) is 9.18 Å². The van der Waals surface area contributed by atoms with E-state index in [1.165, 1.54) is 12.3 Å². The van der Waals surface area contributed by atoms with Crippen molar-refractivity contribution in [1.29, 1.82) is 0 Å². The zero-order valence-electron chi connectivity index (χ0n) is 13.4. The maximum Gasteiger partial charge on any atom is 0.255 e. The van der Waals surface area contributed by atoms with Gasteiger partial charge in [-0.15, -0.1) is 0 Å². The predicted octanol–water partition coefficient (Wildman–Crippen LogP) is 5.18. The van der Waals surface area contributed by atoms with E-state index in [0.29, 0.717) is 22.1 Å². The van der Waals surface area contributed by atoms with Gasteiger partial charge in [0.2, 0.25) is 0 Å². The third-order valence-corrected chi connectivity index (χ3v) is 4.00. The van der Waals surface area contributed by atoms with Gasteiger partial charge in [0.1, 0.15) is 11.6 Å². The number of anilines is 3. The number of amides is 1. The van der Waals surface area contributed by atoms with Crippen molar-refractivity contribution in [3.05, 3.63) is 82.8 Å². The first kappa shape index (κ1) is 16.9. The Labute approximate surface area is 149 Å². The molecule has 3 rings (SSSR count). The zero-order chi connectivity index (χ0) is 17.8. The van der Waals surface area contributed by atoms with Gasteiger partial charge in [0.25, 0.3) is 5.91 Å². The minimum atomic E-state index is -0.395. The third-order valence-electron chi connectivity index (χ3n) is 3.59. The SMILES string of the molecule is Cc1ccc(NC(=O)c2ccnc(Nc3ccccc3F)c2)cc1Cl. The third kappa shape index (κ3) is 4.14. The second kappa shape index (κ2) is 7.32. The van der Waals surface area contributed by atoms with E-state index in [1.54, 1.807) is 42.5 Å². The summed E-state index contributed by atoms with van der Waals surface area (Å²) in [5.74, 6) is -0.327. The highest BCUT2D eigenvalue weighted by Gasteiger charge is 2.09. The number of aryl methyl sites for hydroxylation is 1. The Hall–Kier alpha value is -2.92. The van der Waals surface area contributed by atoms with E-state index in [-0.39, 0.29) is 11.6 Å². The van der Waals surface area contributed by atoms with Crippen LogP contribution in [-0.4, -0.2) is 10.9 Å². The van der Waals surface area contributed by atoms with Crippen LogP contribution in [0.2, 0.25) is 5.02 Å². The summed E-state index contributed by atoms with van der Waals surface area (Å²) in [5.41, 5.74) is 2.21. The molecule has 0 aliphatic heterocycles. The summed E-state index contributed by atoms with van der Waals surface area (Å²) >= 11 is 6.07. The van der Waals surface area contributed by atoms with Crippen molar-refractivity contribution >= 4 is 34.7 Å². The summed E-state index contributed by atoms with van der Waals surface area (Å²) in [7, 11) is 0. The standard InChI is InChI=1S/C19H15ClFN3O/c1-12-6-7-14(11-15(12)20)23-19(25)13-8-9-22-18(10-13)24-17-5-3-2-4-16(17)21/h2-11H,1H3,(H,22,24)(H,23,25). The Morgan fingerprint density at radius 1 is 1.12 bits per heavy atom. The molecule has 0 bridgehead atoms. The van der Waals surface area contributed by atoms with E-state index in [2.05, 4.69) is 15.6 Å². The van der Waals surface area contributed by atoms with Gasteiger partial charge in [-0.05, 0) is 48.9 Å². The van der Waals surface area contributed by atoms with Gasteiger partial charge >= 0.3 is 0 Å². The van der Waals surface area contributed by atoms with Crippen LogP contribution < -0.4 is 10.6 Å². The van der Waals surface area contributed by atoms with E-state index < -0.39 is 5.82 Å². The molecule has 25 heavy (non-hydrogen) atoms. The van der Waals surface area contributed by atoms with E-state index in [0.717, 1.165) is 5.56 Å². The lowest BCUT2D eigenvalue weighted by atomic mass is 10.2. The van der Waals surface area contributed by atoms with Gasteiger partial charge in [-0.2, -0.15) is 0 Å². The summed E-state index contributed by atoms with van der Waals surface area (Å²) in [6, 6.07) is 14.7. The zero-order valence-corrected chi connectivity index (χ0v) is 14.1. The number of hydrogen-bond donors (Lipinski definition) is 2. The number of halogens is 2. The molecule has 0 fully saturated rings. The molecule has 0 unspecified atom stereocenters. The molecule has 0 aliphatic rings. The van der Waals surface area contributed by atoms with Crippen LogP contribution in [0.3, 0.4) is 0 Å². The summed E-state index contributed by atoms with van der Waals surface area (Å²) in [5, 5.41) is 6.21. The molecule has 2 N–H and O–H groups in total. The smallest absolute Gasteiger partial charge is 0.255 e. The summed E-state index contributed by atoms with van der Waals surface area (Å²) in [6.45, 7) is 1.89. The second-order valence-corrected chi connectivity index (χ2v) is 5.86. The topological polar surface area (TPSA) is 54.0 Å². The Kier molecular flexibility index (Phi) is 4.95. The molecule has 3 aromatic rings. The summed E-state index contributed by atoms with van der Waals surface area (Å²) < 4.78 is 13.7. The van der Waals surface area contributed by atoms with Crippen LogP contribution >= 0.6 is 11.6 Å². The van der Waals surface area contributed by atoms with Crippen LogP contribution in [0.25, 0.3) is 0 Å². The van der Waals surface area contributed by atoms with Crippen molar-refractivity contribution in [2.45, 2.75) is 6.92 Å². The molecule has 126 valence electrons. The maximum absolute atomic E-state index is 13.7. The van der Waals surface area contributed by atoms with Gasteiger partial charge in [0.05, 0.1) is 5.69 Å².